The van der Waals surface area contributed by atoms with Gasteiger partial charge in [-0.2, -0.15) is 0 Å². The number of hydrogen-bond donors (Lipinski definition) is 1. The van der Waals surface area contributed by atoms with E-state index in [1.807, 2.05) is 39.0 Å². The number of likely N-dealkylation sites (tertiary alicyclic amines) is 1. The summed E-state index contributed by atoms with van der Waals surface area (Å²) in [7, 11) is 0. The lowest BCUT2D eigenvalue weighted by atomic mass is 10.0. The van der Waals surface area contributed by atoms with Crippen LogP contribution < -0.4 is 5.48 Å². The molecule has 0 aliphatic carbocycles. The van der Waals surface area contributed by atoms with Crippen molar-refractivity contribution in [2.45, 2.75) is 52.2 Å². The van der Waals surface area contributed by atoms with Crippen LogP contribution in [0.5, 0.6) is 0 Å². The third kappa shape index (κ3) is 4.71. The van der Waals surface area contributed by atoms with E-state index in [0.717, 1.165) is 18.4 Å². The highest BCUT2D eigenvalue weighted by atomic mass is 16.6. The third-order valence-corrected chi connectivity index (χ3v) is 3.72. The molecule has 6 heteroatoms. The predicted octanol–water partition coefficient (Wildman–Crippen LogP) is 3.44. The molecule has 6 nitrogen and oxygen atoms in total. The molecule has 1 fully saturated rings. The van der Waals surface area contributed by atoms with Crippen LogP contribution in [-0.2, 0) is 9.57 Å². The lowest BCUT2D eigenvalue weighted by Crippen LogP contribution is -2.36. The molecule has 1 aromatic rings. The van der Waals surface area contributed by atoms with Gasteiger partial charge in [0.15, 0.2) is 0 Å². The molecule has 0 aromatic heterocycles. The maximum atomic E-state index is 12.4. The van der Waals surface area contributed by atoms with Crippen molar-refractivity contribution in [3.05, 3.63) is 35.4 Å². The minimum absolute atomic E-state index is 0.0697. The Hall–Kier alpha value is -2.08. The Labute approximate surface area is 143 Å². The van der Waals surface area contributed by atoms with Crippen molar-refractivity contribution < 1.29 is 19.2 Å². The van der Waals surface area contributed by atoms with Crippen LogP contribution in [0.25, 0.3) is 0 Å². The summed E-state index contributed by atoms with van der Waals surface area (Å²) in [6, 6.07) is 7.22. The molecule has 2 rings (SSSR count). The van der Waals surface area contributed by atoms with Crippen molar-refractivity contribution in [1.82, 2.24) is 10.4 Å². The number of ether oxygens (including phenoxy) is 1. The second kappa shape index (κ2) is 7.66. The van der Waals surface area contributed by atoms with E-state index in [9.17, 15) is 9.59 Å². The minimum atomic E-state index is -0.524. The highest BCUT2D eigenvalue weighted by molar-refractivity contribution is 5.93. The number of carbonyl (C=O) groups is 2. The maximum absolute atomic E-state index is 12.4. The van der Waals surface area contributed by atoms with E-state index in [4.69, 9.17) is 9.57 Å². The lowest BCUT2D eigenvalue weighted by Gasteiger charge is -2.29. The van der Waals surface area contributed by atoms with E-state index < -0.39 is 5.60 Å². The first kappa shape index (κ1) is 18.3. The molecule has 1 atom stereocenters. The Bertz CT molecular complexity index is 595. The summed E-state index contributed by atoms with van der Waals surface area (Å²) in [5.74, 6) is -0.291. The zero-order valence-electron chi connectivity index (χ0n) is 14.8. The number of hydroxylamine groups is 1. The average molecular weight is 334 g/mol. The van der Waals surface area contributed by atoms with E-state index in [2.05, 4.69) is 5.48 Å². The van der Waals surface area contributed by atoms with Crippen molar-refractivity contribution in [2.75, 3.05) is 13.2 Å². The Kier molecular flexibility index (Phi) is 5.83. The first-order chi connectivity index (χ1) is 11.3. The van der Waals surface area contributed by atoms with Crippen molar-refractivity contribution in [3.63, 3.8) is 0 Å². The summed E-state index contributed by atoms with van der Waals surface area (Å²) in [6.45, 7) is 8.43. The van der Waals surface area contributed by atoms with Crippen molar-refractivity contribution >= 4 is 12.0 Å². The summed E-state index contributed by atoms with van der Waals surface area (Å²) in [5, 5.41) is 0. The Balaban J connectivity index is 2.15. The zero-order valence-corrected chi connectivity index (χ0v) is 14.8. The van der Waals surface area contributed by atoms with Crippen LogP contribution in [0, 0.1) is 0 Å². The van der Waals surface area contributed by atoms with Gasteiger partial charge in [0.2, 0.25) is 0 Å². The highest BCUT2D eigenvalue weighted by Crippen LogP contribution is 2.33. The Morgan fingerprint density at radius 1 is 1.33 bits per heavy atom. The van der Waals surface area contributed by atoms with E-state index >= 15 is 0 Å². The van der Waals surface area contributed by atoms with Crippen molar-refractivity contribution in [1.29, 1.82) is 0 Å². The molecule has 132 valence electrons. The molecule has 0 spiro atoms. The highest BCUT2D eigenvalue weighted by Gasteiger charge is 2.33. The number of nitrogens with one attached hydrogen (secondary N) is 1. The van der Waals surface area contributed by atoms with Gasteiger partial charge >= 0.3 is 6.09 Å². The minimum Gasteiger partial charge on any atom is -0.444 e. The van der Waals surface area contributed by atoms with Crippen LogP contribution in [0.1, 0.15) is 62.5 Å². The van der Waals surface area contributed by atoms with Gasteiger partial charge < -0.3 is 9.64 Å². The quantitative estimate of drug-likeness (QED) is 0.857. The van der Waals surface area contributed by atoms with Gasteiger partial charge in [-0.25, -0.2) is 10.3 Å². The van der Waals surface area contributed by atoms with Gasteiger partial charge in [0.25, 0.3) is 5.91 Å². The van der Waals surface area contributed by atoms with E-state index in [1.165, 1.54) is 0 Å². The van der Waals surface area contributed by atoms with Crippen LogP contribution in [0.15, 0.2) is 24.3 Å². The van der Waals surface area contributed by atoms with Crippen molar-refractivity contribution in [3.8, 4) is 0 Å². The summed E-state index contributed by atoms with van der Waals surface area (Å²) < 4.78 is 5.49. The van der Waals surface area contributed by atoms with Crippen LogP contribution in [0.3, 0.4) is 0 Å². The Morgan fingerprint density at radius 2 is 2.08 bits per heavy atom. The fourth-order valence-electron chi connectivity index (χ4n) is 2.74. The SMILES string of the molecule is CCONC(=O)c1cccc([C@@H]2CCCN2C(=O)OC(C)(C)C)c1. The number of carbonyl (C=O) groups excluding carboxylic acids is 2. The van der Waals surface area contributed by atoms with Crippen LogP contribution in [0.4, 0.5) is 4.79 Å². The average Bonchev–Trinajstić information content (AvgIpc) is 3.01. The van der Waals surface area contributed by atoms with Gasteiger partial charge in [-0.05, 0) is 58.2 Å². The maximum Gasteiger partial charge on any atom is 0.410 e. The summed E-state index contributed by atoms with van der Waals surface area (Å²) >= 11 is 0. The molecule has 1 aromatic carbocycles. The number of amides is 2. The first-order valence-electron chi connectivity index (χ1n) is 8.33. The van der Waals surface area contributed by atoms with Gasteiger partial charge in [0.05, 0.1) is 12.6 Å². The number of rotatable bonds is 4. The molecule has 0 unspecified atom stereocenters. The van der Waals surface area contributed by atoms with Gasteiger partial charge in [-0.15, -0.1) is 0 Å². The molecule has 1 heterocycles. The summed E-state index contributed by atoms with van der Waals surface area (Å²) in [5.41, 5.74) is 3.31. The van der Waals surface area contributed by atoms with Crippen molar-refractivity contribution in [2.24, 2.45) is 0 Å². The largest absolute Gasteiger partial charge is 0.444 e. The van der Waals surface area contributed by atoms with E-state index in [0.29, 0.717) is 18.7 Å². The fourth-order valence-corrected chi connectivity index (χ4v) is 2.74. The molecule has 1 N–H and O–H groups in total. The van der Waals surface area contributed by atoms with Gasteiger partial charge in [0, 0.05) is 12.1 Å². The molecule has 0 bridgehead atoms. The van der Waals surface area contributed by atoms with Gasteiger partial charge in [-0.3, -0.25) is 9.63 Å². The fraction of sp³-hybridized carbons (Fsp3) is 0.556. The lowest BCUT2D eigenvalue weighted by molar-refractivity contribution is 0.0224. The molecule has 24 heavy (non-hydrogen) atoms. The molecule has 0 radical (unpaired) electrons. The second-order valence-electron chi connectivity index (χ2n) is 6.82. The topological polar surface area (TPSA) is 67.9 Å². The summed E-state index contributed by atoms with van der Waals surface area (Å²) in [4.78, 5) is 31.1. The zero-order chi connectivity index (χ0) is 17.7. The van der Waals surface area contributed by atoms with Crippen LogP contribution in [0.2, 0.25) is 0 Å². The third-order valence-electron chi connectivity index (χ3n) is 3.72. The predicted molar refractivity (Wildman–Crippen MR) is 90.4 cm³/mol. The monoisotopic (exact) mass is 334 g/mol. The molecular formula is C18H26N2O4. The van der Waals surface area contributed by atoms with Gasteiger partial charge in [-0.1, -0.05) is 12.1 Å². The summed E-state index contributed by atoms with van der Waals surface area (Å²) in [6.07, 6.45) is 1.46. The second-order valence-corrected chi connectivity index (χ2v) is 6.82. The molecule has 1 aliphatic heterocycles. The number of benzene rings is 1. The standard InChI is InChI=1S/C18H26N2O4/c1-5-23-19-16(21)14-9-6-8-13(12-14)15-10-7-11-20(15)17(22)24-18(2,3)4/h6,8-9,12,15H,5,7,10-11H2,1-4H3,(H,19,21)/t15-/m0/s1. The Morgan fingerprint density at radius 3 is 2.75 bits per heavy atom. The molecule has 1 saturated heterocycles. The van der Waals surface area contributed by atoms with Crippen LogP contribution in [-0.4, -0.2) is 35.7 Å². The van der Waals surface area contributed by atoms with Gasteiger partial charge in [0.1, 0.15) is 5.60 Å². The molecule has 1 aliphatic rings. The smallest absolute Gasteiger partial charge is 0.410 e. The number of nitrogens with zero attached hydrogens (tertiary/aromatic N) is 1. The normalized spacial score (nSPS) is 17.7. The molecular weight excluding hydrogens is 308 g/mol. The van der Waals surface area contributed by atoms with E-state index in [-0.39, 0.29) is 18.0 Å². The molecule has 0 saturated carbocycles. The van der Waals surface area contributed by atoms with E-state index in [1.54, 1.807) is 17.9 Å². The number of hydrogen-bond acceptors (Lipinski definition) is 4. The van der Waals surface area contributed by atoms with Crippen LogP contribution >= 0.6 is 0 Å². The molecule has 2 amide bonds. The first-order valence-corrected chi connectivity index (χ1v) is 8.33.